The third kappa shape index (κ3) is 4.53. The van der Waals surface area contributed by atoms with Gasteiger partial charge in [-0.05, 0) is 37.3 Å². The molecule has 2 N–H and O–H groups in total. The monoisotopic (exact) mass is 377 g/mol. The summed E-state index contributed by atoms with van der Waals surface area (Å²) in [6.07, 6.45) is 0. The van der Waals surface area contributed by atoms with Crippen LogP contribution in [0.5, 0.6) is 5.75 Å². The summed E-state index contributed by atoms with van der Waals surface area (Å²) in [6.45, 7) is 1.71. The van der Waals surface area contributed by atoms with Crippen molar-refractivity contribution in [2.45, 2.75) is 17.9 Å². The van der Waals surface area contributed by atoms with Gasteiger partial charge in [0.15, 0.2) is 0 Å². The van der Waals surface area contributed by atoms with E-state index in [1.54, 1.807) is 32.2 Å². The first kappa shape index (κ1) is 19.7. The lowest BCUT2D eigenvalue weighted by Gasteiger charge is -2.18. The Kier molecular flexibility index (Phi) is 6.23. The normalized spacial score (nSPS) is 12.5. The van der Waals surface area contributed by atoms with Crippen LogP contribution in [0.4, 0.5) is 11.4 Å². The fraction of sp³-hybridized carbons (Fsp3) is 0.278. The molecular formula is C18H23N3O4S. The topological polar surface area (TPSA) is 87.7 Å². The summed E-state index contributed by atoms with van der Waals surface area (Å²) >= 11 is 0. The lowest BCUT2D eigenvalue weighted by Crippen LogP contribution is -2.32. The first-order valence-corrected chi connectivity index (χ1v) is 9.42. The third-order valence-electron chi connectivity index (χ3n) is 3.75. The van der Waals surface area contributed by atoms with E-state index in [0.717, 1.165) is 4.31 Å². The van der Waals surface area contributed by atoms with Crippen LogP contribution in [0.3, 0.4) is 0 Å². The van der Waals surface area contributed by atoms with E-state index in [1.165, 1.54) is 26.2 Å². The Morgan fingerprint density at radius 2 is 1.81 bits per heavy atom. The van der Waals surface area contributed by atoms with Gasteiger partial charge in [-0.25, -0.2) is 12.7 Å². The number of methoxy groups -OCH3 is 1. The summed E-state index contributed by atoms with van der Waals surface area (Å²) in [5.74, 6) is 0.335. The molecule has 26 heavy (non-hydrogen) atoms. The Labute approximate surface area is 154 Å². The van der Waals surface area contributed by atoms with Gasteiger partial charge in [-0.1, -0.05) is 18.2 Å². The van der Waals surface area contributed by atoms with E-state index in [0.29, 0.717) is 17.1 Å². The molecule has 140 valence electrons. The first-order valence-electron chi connectivity index (χ1n) is 7.98. The van der Waals surface area contributed by atoms with Gasteiger partial charge in [0.2, 0.25) is 15.9 Å². The molecule has 0 saturated heterocycles. The molecule has 2 aromatic rings. The number of para-hydroxylation sites is 2. The summed E-state index contributed by atoms with van der Waals surface area (Å²) in [6, 6.07) is 12.9. The maximum absolute atomic E-state index is 12.4. The zero-order chi connectivity index (χ0) is 19.3. The molecule has 0 aliphatic heterocycles. The number of sulfonamides is 1. The second-order valence-corrected chi connectivity index (χ2v) is 8.02. The molecule has 8 heteroatoms. The van der Waals surface area contributed by atoms with Crippen molar-refractivity contribution in [3.05, 3.63) is 48.5 Å². The lowest BCUT2D eigenvalue weighted by molar-refractivity contribution is -0.116. The van der Waals surface area contributed by atoms with Crippen molar-refractivity contribution in [2.24, 2.45) is 0 Å². The fourth-order valence-electron chi connectivity index (χ4n) is 2.26. The van der Waals surface area contributed by atoms with Crippen LogP contribution in [-0.4, -0.2) is 45.9 Å². The molecule has 2 aromatic carbocycles. The highest BCUT2D eigenvalue weighted by molar-refractivity contribution is 7.89. The predicted octanol–water partition coefficient (Wildman–Crippen LogP) is 2.38. The quantitative estimate of drug-likeness (QED) is 0.774. The second kappa shape index (κ2) is 8.20. The molecule has 1 amide bonds. The smallest absolute Gasteiger partial charge is 0.246 e. The highest BCUT2D eigenvalue weighted by atomic mass is 32.2. The first-order chi connectivity index (χ1) is 12.3. The van der Waals surface area contributed by atoms with Crippen LogP contribution in [0.2, 0.25) is 0 Å². The lowest BCUT2D eigenvalue weighted by atomic mass is 10.2. The van der Waals surface area contributed by atoms with Crippen molar-refractivity contribution in [2.75, 3.05) is 31.8 Å². The summed E-state index contributed by atoms with van der Waals surface area (Å²) in [5.41, 5.74) is 1.10. The van der Waals surface area contributed by atoms with E-state index in [2.05, 4.69) is 10.6 Å². The zero-order valence-corrected chi connectivity index (χ0v) is 16.0. The molecule has 1 atom stereocenters. The van der Waals surface area contributed by atoms with Crippen LogP contribution < -0.4 is 15.4 Å². The van der Waals surface area contributed by atoms with Crippen LogP contribution in [-0.2, 0) is 14.8 Å². The predicted molar refractivity (Wildman–Crippen MR) is 102 cm³/mol. The molecule has 0 bridgehead atoms. The van der Waals surface area contributed by atoms with E-state index in [4.69, 9.17) is 4.74 Å². The zero-order valence-electron chi connectivity index (χ0n) is 15.2. The van der Waals surface area contributed by atoms with Gasteiger partial charge in [0.05, 0.1) is 17.7 Å². The van der Waals surface area contributed by atoms with E-state index in [9.17, 15) is 13.2 Å². The number of anilines is 2. The van der Waals surface area contributed by atoms with Crippen LogP contribution in [0.25, 0.3) is 0 Å². The van der Waals surface area contributed by atoms with Gasteiger partial charge in [0.25, 0.3) is 0 Å². The van der Waals surface area contributed by atoms with Crippen molar-refractivity contribution in [1.29, 1.82) is 0 Å². The number of rotatable bonds is 7. The molecule has 0 unspecified atom stereocenters. The Bertz CT molecular complexity index is 882. The standard InChI is InChI=1S/C18H23N3O4S/c1-13(19-16-10-5-6-11-17(16)25-4)18(22)20-14-8-7-9-15(12-14)26(23,24)21(2)3/h5-13,19H,1-4H3,(H,20,22)/t13-/m1/s1. The second-order valence-electron chi connectivity index (χ2n) is 5.87. The molecule has 0 aliphatic carbocycles. The molecule has 0 saturated carbocycles. The molecule has 2 rings (SSSR count). The van der Waals surface area contributed by atoms with Crippen LogP contribution in [0, 0.1) is 0 Å². The highest BCUT2D eigenvalue weighted by Crippen LogP contribution is 2.24. The number of hydrogen-bond donors (Lipinski definition) is 2. The van der Waals surface area contributed by atoms with Gasteiger partial charge in [0, 0.05) is 19.8 Å². The minimum absolute atomic E-state index is 0.116. The Morgan fingerprint density at radius 1 is 1.12 bits per heavy atom. The maximum atomic E-state index is 12.4. The Hall–Kier alpha value is -2.58. The van der Waals surface area contributed by atoms with E-state index >= 15 is 0 Å². The van der Waals surface area contributed by atoms with E-state index in [1.807, 2.05) is 18.2 Å². The largest absolute Gasteiger partial charge is 0.495 e. The molecule has 0 heterocycles. The third-order valence-corrected chi connectivity index (χ3v) is 5.56. The minimum atomic E-state index is -3.56. The van der Waals surface area contributed by atoms with Crippen molar-refractivity contribution in [3.8, 4) is 5.75 Å². The summed E-state index contributed by atoms with van der Waals surface area (Å²) in [4.78, 5) is 12.6. The SMILES string of the molecule is COc1ccccc1N[C@H](C)C(=O)Nc1cccc(S(=O)(=O)N(C)C)c1. The molecular weight excluding hydrogens is 354 g/mol. The molecule has 0 spiro atoms. The Balaban J connectivity index is 2.12. The summed E-state index contributed by atoms with van der Waals surface area (Å²) in [5, 5.41) is 5.81. The molecule has 7 nitrogen and oxygen atoms in total. The summed E-state index contributed by atoms with van der Waals surface area (Å²) in [7, 11) is 0.911. The number of carbonyl (C=O) groups excluding carboxylic acids is 1. The average molecular weight is 377 g/mol. The van der Waals surface area contributed by atoms with Crippen molar-refractivity contribution >= 4 is 27.3 Å². The Morgan fingerprint density at radius 3 is 2.46 bits per heavy atom. The molecule has 0 aromatic heterocycles. The van der Waals surface area contributed by atoms with Gasteiger partial charge >= 0.3 is 0 Å². The number of hydrogen-bond acceptors (Lipinski definition) is 5. The number of amides is 1. The fourth-order valence-corrected chi connectivity index (χ4v) is 3.21. The van der Waals surface area contributed by atoms with Crippen molar-refractivity contribution < 1.29 is 17.9 Å². The molecule has 0 fully saturated rings. The number of nitrogens with one attached hydrogen (secondary N) is 2. The number of benzene rings is 2. The van der Waals surface area contributed by atoms with Gasteiger partial charge < -0.3 is 15.4 Å². The van der Waals surface area contributed by atoms with Gasteiger partial charge in [-0.3, -0.25) is 4.79 Å². The number of nitrogens with zero attached hydrogens (tertiary/aromatic N) is 1. The highest BCUT2D eigenvalue weighted by Gasteiger charge is 2.19. The maximum Gasteiger partial charge on any atom is 0.246 e. The molecule has 0 radical (unpaired) electrons. The van der Waals surface area contributed by atoms with Gasteiger partial charge in [-0.15, -0.1) is 0 Å². The minimum Gasteiger partial charge on any atom is -0.495 e. The van der Waals surface area contributed by atoms with Gasteiger partial charge in [0.1, 0.15) is 11.8 Å². The van der Waals surface area contributed by atoms with Crippen LogP contribution in [0.1, 0.15) is 6.92 Å². The van der Waals surface area contributed by atoms with E-state index in [-0.39, 0.29) is 10.8 Å². The van der Waals surface area contributed by atoms with Crippen molar-refractivity contribution in [3.63, 3.8) is 0 Å². The summed E-state index contributed by atoms with van der Waals surface area (Å²) < 4.78 is 30.8. The van der Waals surface area contributed by atoms with E-state index < -0.39 is 16.1 Å². The van der Waals surface area contributed by atoms with Crippen molar-refractivity contribution in [1.82, 2.24) is 4.31 Å². The number of carbonyl (C=O) groups is 1. The average Bonchev–Trinajstić information content (AvgIpc) is 2.62. The molecule has 0 aliphatic rings. The van der Waals surface area contributed by atoms with Crippen LogP contribution >= 0.6 is 0 Å². The van der Waals surface area contributed by atoms with Crippen LogP contribution in [0.15, 0.2) is 53.4 Å². The van der Waals surface area contributed by atoms with Gasteiger partial charge in [-0.2, -0.15) is 0 Å². The number of ether oxygens (including phenoxy) is 1.